The molecule has 0 saturated heterocycles. The lowest BCUT2D eigenvalue weighted by atomic mass is 10.1. The molecule has 0 radical (unpaired) electrons. The average molecular weight is 382 g/mol. The van der Waals surface area contributed by atoms with Crippen LogP contribution < -0.4 is 5.32 Å². The Morgan fingerprint density at radius 2 is 2.26 bits per heavy atom. The van der Waals surface area contributed by atoms with Gasteiger partial charge in [0.25, 0.3) is 5.69 Å². The van der Waals surface area contributed by atoms with Gasteiger partial charge >= 0.3 is 5.97 Å². The fourth-order valence-corrected chi connectivity index (χ4v) is 1.92. The number of aliphatic carboxylic acids is 1. The molecule has 0 spiro atoms. The highest BCUT2D eigenvalue weighted by molar-refractivity contribution is 14.1. The number of anilines is 1. The van der Waals surface area contributed by atoms with Crippen LogP contribution in [-0.4, -0.2) is 22.5 Å². The molecule has 0 aliphatic heterocycles. The maximum absolute atomic E-state index is 13.4. The third-order valence-corrected chi connectivity index (χ3v) is 3.44. The highest BCUT2D eigenvalue weighted by Crippen LogP contribution is 2.28. The Bertz CT molecular complexity index is 510. The Kier molecular flexibility index (Phi) is 5.45. The molecule has 1 aromatic rings. The largest absolute Gasteiger partial charge is 0.481 e. The molecule has 1 unspecified atom stereocenters. The van der Waals surface area contributed by atoms with Crippen molar-refractivity contribution in [1.29, 1.82) is 0 Å². The molecule has 0 bridgehead atoms. The Morgan fingerprint density at radius 1 is 1.63 bits per heavy atom. The van der Waals surface area contributed by atoms with Gasteiger partial charge in [-0.15, -0.1) is 0 Å². The van der Waals surface area contributed by atoms with E-state index in [1.807, 2.05) is 0 Å². The summed E-state index contributed by atoms with van der Waals surface area (Å²) < 4.78 is 13.5. The molecule has 8 heteroatoms. The lowest BCUT2D eigenvalue weighted by Gasteiger charge is -2.12. The first-order valence-corrected chi connectivity index (χ1v) is 6.54. The summed E-state index contributed by atoms with van der Waals surface area (Å²) in [6, 6.07) is 2.12. The summed E-state index contributed by atoms with van der Waals surface area (Å²) in [5.74, 6) is -2.26. The number of rotatable bonds is 6. The van der Waals surface area contributed by atoms with E-state index in [0.717, 1.165) is 12.1 Å². The van der Waals surface area contributed by atoms with E-state index in [1.165, 1.54) is 0 Å². The maximum Gasteiger partial charge on any atom is 0.308 e. The van der Waals surface area contributed by atoms with Gasteiger partial charge in [0.05, 0.1) is 14.4 Å². The van der Waals surface area contributed by atoms with E-state index >= 15 is 0 Å². The standard InChI is InChI=1S/C11H12FIN2O4/c1-2-6(11(16)17)5-14-9-3-7(12)8(13)4-10(9)15(18)19/h3-4,6,14H,2,5H2,1H3,(H,16,17). The summed E-state index contributed by atoms with van der Waals surface area (Å²) in [6.07, 6.45) is 0.378. The SMILES string of the molecule is CCC(CNc1cc(F)c(I)cc1[N+](=O)[O-])C(=O)O. The van der Waals surface area contributed by atoms with Crippen LogP contribution >= 0.6 is 22.6 Å². The molecule has 0 fully saturated rings. The minimum absolute atomic E-state index is 0.00665. The van der Waals surface area contributed by atoms with Crippen molar-refractivity contribution in [2.24, 2.45) is 5.92 Å². The summed E-state index contributed by atoms with van der Waals surface area (Å²) in [4.78, 5) is 21.1. The van der Waals surface area contributed by atoms with E-state index in [4.69, 9.17) is 5.11 Å². The number of carbonyl (C=O) groups is 1. The van der Waals surface area contributed by atoms with Crippen LogP contribution in [0.4, 0.5) is 15.8 Å². The lowest BCUT2D eigenvalue weighted by molar-refractivity contribution is -0.384. The van der Waals surface area contributed by atoms with Crippen molar-refractivity contribution in [3.63, 3.8) is 0 Å². The molecule has 0 heterocycles. The smallest absolute Gasteiger partial charge is 0.308 e. The fraction of sp³-hybridized carbons (Fsp3) is 0.364. The van der Waals surface area contributed by atoms with Gasteiger partial charge in [-0.3, -0.25) is 14.9 Å². The Hall–Kier alpha value is -1.45. The zero-order chi connectivity index (χ0) is 14.6. The minimum atomic E-state index is -0.997. The van der Waals surface area contributed by atoms with E-state index in [1.54, 1.807) is 29.5 Å². The number of nitrogens with one attached hydrogen (secondary N) is 1. The quantitative estimate of drug-likeness (QED) is 0.449. The Morgan fingerprint density at radius 3 is 2.74 bits per heavy atom. The Labute approximate surface area is 122 Å². The summed E-state index contributed by atoms with van der Waals surface area (Å²) in [7, 11) is 0. The summed E-state index contributed by atoms with van der Waals surface area (Å²) in [5, 5.41) is 22.4. The minimum Gasteiger partial charge on any atom is -0.481 e. The molecule has 6 nitrogen and oxygen atoms in total. The predicted molar refractivity (Wildman–Crippen MR) is 75.7 cm³/mol. The van der Waals surface area contributed by atoms with Crippen LogP contribution in [0.2, 0.25) is 0 Å². The van der Waals surface area contributed by atoms with E-state index < -0.39 is 22.6 Å². The number of benzene rings is 1. The Balaban J connectivity index is 2.97. The molecule has 19 heavy (non-hydrogen) atoms. The third kappa shape index (κ3) is 4.01. The first-order valence-electron chi connectivity index (χ1n) is 5.46. The molecule has 1 rings (SSSR count). The lowest BCUT2D eigenvalue weighted by Crippen LogP contribution is -2.22. The van der Waals surface area contributed by atoms with Crippen molar-refractivity contribution in [3.05, 3.63) is 31.6 Å². The van der Waals surface area contributed by atoms with Crippen LogP contribution in [0, 0.1) is 25.4 Å². The van der Waals surface area contributed by atoms with Gasteiger partial charge in [-0.25, -0.2) is 4.39 Å². The average Bonchev–Trinajstić information content (AvgIpc) is 2.33. The summed E-state index contributed by atoms with van der Waals surface area (Å²) >= 11 is 1.66. The number of halogens is 2. The van der Waals surface area contributed by atoms with Gasteiger partial charge in [-0.05, 0) is 29.0 Å². The van der Waals surface area contributed by atoms with Gasteiger partial charge in [0.15, 0.2) is 0 Å². The number of carboxylic acids is 1. The summed E-state index contributed by atoms with van der Waals surface area (Å²) in [5.41, 5.74) is -0.284. The van der Waals surface area contributed by atoms with Gasteiger partial charge in [0.2, 0.25) is 0 Å². The molecule has 1 atom stereocenters. The highest BCUT2D eigenvalue weighted by atomic mass is 127. The van der Waals surface area contributed by atoms with E-state index in [9.17, 15) is 19.3 Å². The van der Waals surface area contributed by atoms with E-state index in [-0.39, 0.29) is 21.5 Å². The van der Waals surface area contributed by atoms with Gasteiger partial charge < -0.3 is 10.4 Å². The summed E-state index contributed by atoms with van der Waals surface area (Å²) in [6.45, 7) is 1.70. The number of hydrogen-bond donors (Lipinski definition) is 2. The molecule has 0 saturated carbocycles. The first kappa shape index (κ1) is 15.6. The van der Waals surface area contributed by atoms with Gasteiger partial charge in [0, 0.05) is 18.7 Å². The zero-order valence-electron chi connectivity index (χ0n) is 10.0. The first-order chi connectivity index (χ1) is 8.86. The van der Waals surface area contributed by atoms with Crippen LogP contribution in [0.3, 0.4) is 0 Å². The van der Waals surface area contributed by atoms with Crippen molar-refractivity contribution in [2.75, 3.05) is 11.9 Å². The molecule has 0 aliphatic rings. The van der Waals surface area contributed by atoms with E-state index in [0.29, 0.717) is 6.42 Å². The number of carboxylic acid groups (broad SMARTS) is 1. The van der Waals surface area contributed by atoms with Crippen molar-refractivity contribution < 1.29 is 19.2 Å². The number of nitro groups is 1. The third-order valence-electron chi connectivity index (χ3n) is 2.62. The molecule has 104 valence electrons. The van der Waals surface area contributed by atoms with Gasteiger partial charge in [-0.2, -0.15) is 0 Å². The van der Waals surface area contributed by atoms with Crippen LogP contribution in [-0.2, 0) is 4.79 Å². The molecule has 2 N–H and O–H groups in total. The highest BCUT2D eigenvalue weighted by Gasteiger charge is 2.20. The maximum atomic E-state index is 13.4. The molecule has 0 aromatic heterocycles. The topological polar surface area (TPSA) is 92.5 Å². The second kappa shape index (κ2) is 6.64. The van der Waals surface area contributed by atoms with E-state index in [2.05, 4.69) is 5.32 Å². The second-order valence-electron chi connectivity index (χ2n) is 3.86. The van der Waals surface area contributed by atoms with Crippen molar-refractivity contribution in [3.8, 4) is 0 Å². The van der Waals surface area contributed by atoms with Gasteiger partial charge in [-0.1, -0.05) is 6.92 Å². The van der Waals surface area contributed by atoms with Gasteiger partial charge in [0.1, 0.15) is 11.5 Å². The second-order valence-corrected chi connectivity index (χ2v) is 5.03. The normalized spacial score (nSPS) is 11.9. The molecule has 1 aromatic carbocycles. The van der Waals surface area contributed by atoms with Crippen LogP contribution in [0.25, 0.3) is 0 Å². The number of nitrogens with zero attached hydrogens (tertiary/aromatic N) is 1. The van der Waals surface area contributed by atoms with Crippen LogP contribution in [0.5, 0.6) is 0 Å². The zero-order valence-corrected chi connectivity index (χ0v) is 12.2. The molecular formula is C11H12FIN2O4. The van der Waals surface area contributed by atoms with Crippen LogP contribution in [0.15, 0.2) is 12.1 Å². The predicted octanol–water partition coefficient (Wildman–Crippen LogP) is 2.86. The number of hydrogen-bond acceptors (Lipinski definition) is 4. The fourth-order valence-electron chi connectivity index (χ4n) is 1.47. The van der Waals surface area contributed by atoms with Crippen molar-refractivity contribution >= 4 is 39.9 Å². The molecule has 0 aliphatic carbocycles. The molecule has 0 amide bonds. The monoisotopic (exact) mass is 382 g/mol. The van der Waals surface area contributed by atoms with Crippen molar-refractivity contribution in [2.45, 2.75) is 13.3 Å². The van der Waals surface area contributed by atoms with Crippen LogP contribution in [0.1, 0.15) is 13.3 Å². The molecular weight excluding hydrogens is 370 g/mol. The number of nitro benzene ring substituents is 1. The van der Waals surface area contributed by atoms with Crippen molar-refractivity contribution in [1.82, 2.24) is 0 Å².